The van der Waals surface area contributed by atoms with Gasteiger partial charge in [-0.25, -0.2) is 0 Å². The molecule has 0 fully saturated rings. The second-order valence-electron chi connectivity index (χ2n) is 4.10. The minimum Gasteiger partial charge on any atom is -0.481 e. The summed E-state index contributed by atoms with van der Waals surface area (Å²) in [4.78, 5) is 10.4. The van der Waals surface area contributed by atoms with Crippen LogP contribution < -0.4 is 5.73 Å². The Morgan fingerprint density at radius 1 is 1.41 bits per heavy atom. The van der Waals surface area contributed by atoms with Crippen LogP contribution in [0.2, 0.25) is 0 Å². The Kier molecular flexibility index (Phi) is 5.66. The second kappa shape index (κ2) is 7.04. The van der Waals surface area contributed by atoms with Gasteiger partial charge in [0.05, 0.1) is 12.7 Å². The van der Waals surface area contributed by atoms with Gasteiger partial charge in [0, 0.05) is 12.5 Å². The van der Waals surface area contributed by atoms with Crippen LogP contribution in [0.4, 0.5) is 0 Å². The Morgan fingerprint density at radius 3 is 2.65 bits per heavy atom. The topological polar surface area (TPSA) is 72.5 Å². The van der Waals surface area contributed by atoms with Crippen molar-refractivity contribution in [3.8, 4) is 0 Å². The molecule has 0 saturated carbocycles. The molecule has 1 rings (SSSR count). The highest BCUT2D eigenvalue weighted by Crippen LogP contribution is 2.08. The van der Waals surface area contributed by atoms with E-state index in [-0.39, 0.29) is 18.6 Å². The molecule has 0 aliphatic rings. The summed E-state index contributed by atoms with van der Waals surface area (Å²) in [6.07, 6.45) is 0.375. The molecule has 0 aromatic heterocycles. The number of carbonyl (C=O) groups is 1. The van der Waals surface area contributed by atoms with Gasteiger partial charge >= 0.3 is 5.97 Å². The summed E-state index contributed by atoms with van der Waals surface area (Å²) >= 11 is 0. The van der Waals surface area contributed by atoms with Crippen LogP contribution in [0, 0.1) is 0 Å². The molecule has 0 spiro atoms. The van der Waals surface area contributed by atoms with E-state index in [1.54, 1.807) is 0 Å². The van der Waals surface area contributed by atoms with Gasteiger partial charge in [-0.15, -0.1) is 0 Å². The molecule has 0 amide bonds. The summed E-state index contributed by atoms with van der Waals surface area (Å²) in [6.45, 7) is 2.37. The van der Waals surface area contributed by atoms with Gasteiger partial charge in [-0.2, -0.15) is 0 Å². The fraction of sp³-hybridized carbons (Fsp3) is 0.462. The van der Waals surface area contributed by atoms with E-state index in [0.29, 0.717) is 13.0 Å². The molecule has 0 unspecified atom stereocenters. The lowest BCUT2D eigenvalue weighted by Gasteiger charge is -2.19. The highest BCUT2D eigenvalue weighted by Gasteiger charge is 2.14. The zero-order valence-corrected chi connectivity index (χ0v) is 10.0. The van der Waals surface area contributed by atoms with Crippen LogP contribution in [-0.4, -0.2) is 23.2 Å². The van der Waals surface area contributed by atoms with Crippen molar-refractivity contribution >= 4 is 5.97 Å². The third-order valence-electron chi connectivity index (χ3n) is 2.65. The smallest absolute Gasteiger partial charge is 0.303 e. The maximum atomic E-state index is 10.4. The number of hydrogen-bond donors (Lipinski definition) is 2. The van der Waals surface area contributed by atoms with Crippen molar-refractivity contribution in [2.75, 3.05) is 0 Å². The van der Waals surface area contributed by atoms with Crippen LogP contribution >= 0.6 is 0 Å². The standard InChI is InChI=1S/C13H19NO3/c1-10(12(14)7-8-13(15)16)17-9-11-5-3-2-4-6-11/h2-6,10,12H,7-9,14H2,1H3,(H,15,16)/t10-,12-/m1/s1. The summed E-state index contributed by atoms with van der Waals surface area (Å²) in [7, 11) is 0. The molecule has 0 bridgehead atoms. The van der Waals surface area contributed by atoms with Crippen LogP contribution in [0.5, 0.6) is 0 Å². The lowest BCUT2D eigenvalue weighted by molar-refractivity contribution is -0.137. The zero-order valence-electron chi connectivity index (χ0n) is 10.0. The summed E-state index contributed by atoms with van der Waals surface area (Å²) < 4.78 is 5.60. The third kappa shape index (κ3) is 5.47. The van der Waals surface area contributed by atoms with Gasteiger partial charge in [0.1, 0.15) is 0 Å². The van der Waals surface area contributed by atoms with Crippen molar-refractivity contribution in [3.05, 3.63) is 35.9 Å². The monoisotopic (exact) mass is 237 g/mol. The summed E-state index contributed by atoms with van der Waals surface area (Å²) in [5, 5.41) is 8.56. The van der Waals surface area contributed by atoms with Gasteiger partial charge < -0.3 is 15.6 Å². The molecular weight excluding hydrogens is 218 g/mol. The lowest BCUT2D eigenvalue weighted by Crippen LogP contribution is -2.34. The predicted molar refractivity (Wildman–Crippen MR) is 65.5 cm³/mol. The fourth-order valence-corrected chi connectivity index (χ4v) is 1.45. The minimum absolute atomic E-state index is 0.0835. The van der Waals surface area contributed by atoms with Gasteiger partial charge in [0.2, 0.25) is 0 Å². The van der Waals surface area contributed by atoms with Crippen molar-refractivity contribution in [3.63, 3.8) is 0 Å². The van der Waals surface area contributed by atoms with E-state index in [2.05, 4.69) is 0 Å². The molecular formula is C13H19NO3. The van der Waals surface area contributed by atoms with Crippen LogP contribution in [0.3, 0.4) is 0 Å². The Labute approximate surface area is 101 Å². The first-order valence-electron chi connectivity index (χ1n) is 5.72. The first-order valence-corrected chi connectivity index (χ1v) is 5.72. The number of nitrogens with two attached hydrogens (primary N) is 1. The van der Waals surface area contributed by atoms with Gasteiger partial charge in [0.25, 0.3) is 0 Å². The van der Waals surface area contributed by atoms with Crippen molar-refractivity contribution in [1.29, 1.82) is 0 Å². The van der Waals surface area contributed by atoms with Gasteiger partial charge in [-0.3, -0.25) is 4.79 Å². The molecule has 1 aromatic rings. The Balaban J connectivity index is 2.29. The molecule has 0 aliphatic heterocycles. The van der Waals surface area contributed by atoms with E-state index in [1.807, 2.05) is 37.3 Å². The maximum Gasteiger partial charge on any atom is 0.303 e. The molecule has 94 valence electrons. The Bertz CT molecular complexity index is 340. The van der Waals surface area contributed by atoms with E-state index in [9.17, 15) is 4.79 Å². The SMILES string of the molecule is C[C@@H](OCc1ccccc1)[C@H](N)CCC(=O)O. The largest absolute Gasteiger partial charge is 0.481 e. The van der Waals surface area contributed by atoms with E-state index in [1.165, 1.54) is 0 Å². The summed E-state index contributed by atoms with van der Waals surface area (Å²) in [5.74, 6) is -0.823. The Morgan fingerprint density at radius 2 is 2.06 bits per heavy atom. The number of hydrogen-bond acceptors (Lipinski definition) is 3. The normalized spacial score (nSPS) is 14.2. The zero-order chi connectivity index (χ0) is 12.7. The number of rotatable bonds is 7. The molecule has 2 atom stereocenters. The first-order chi connectivity index (χ1) is 8.09. The van der Waals surface area contributed by atoms with E-state index in [0.717, 1.165) is 5.56 Å². The second-order valence-corrected chi connectivity index (χ2v) is 4.10. The Hall–Kier alpha value is -1.39. The van der Waals surface area contributed by atoms with Crippen LogP contribution in [0.15, 0.2) is 30.3 Å². The number of carboxylic acid groups (broad SMARTS) is 1. The van der Waals surface area contributed by atoms with Crippen molar-refractivity contribution in [2.45, 2.75) is 38.5 Å². The minimum atomic E-state index is -0.823. The van der Waals surface area contributed by atoms with Gasteiger partial charge in [-0.1, -0.05) is 30.3 Å². The molecule has 0 heterocycles. The highest BCUT2D eigenvalue weighted by molar-refractivity contribution is 5.66. The molecule has 17 heavy (non-hydrogen) atoms. The van der Waals surface area contributed by atoms with E-state index >= 15 is 0 Å². The van der Waals surface area contributed by atoms with Gasteiger partial charge in [-0.05, 0) is 18.9 Å². The van der Waals surface area contributed by atoms with Crippen LogP contribution in [0.1, 0.15) is 25.3 Å². The highest BCUT2D eigenvalue weighted by atomic mass is 16.5. The van der Waals surface area contributed by atoms with Crippen LogP contribution in [-0.2, 0) is 16.1 Å². The third-order valence-corrected chi connectivity index (χ3v) is 2.65. The van der Waals surface area contributed by atoms with Crippen molar-refractivity contribution in [1.82, 2.24) is 0 Å². The molecule has 0 saturated heterocycles. The van der Waals surface area contributed by atoms with E-state index in [4.69, 9.17) is 15.6 Å². The summed E-state index contributed by atoms with van der Waals surface area (Å²) in [5.41, 5.74) is 6.93. The van der Waals surface area contributed by atoms with Crippen molar-refractivity contribution < 1.29 is 14.6 Å². The predicted octanol–water partition coefficient (Wildman–Crippen LogP) is 1.78. The summed E-state index contributed by atoms with van der Waals surface area (Å²) in [6, 6.07) is 9.58. The fourth-order valence-electron chi connectivity index (χ4n) is 1.45. The lowest BCUT2D eigenvalue weighted by atomic mass is 10.1. The molecule has 4 nitrogen and oxygen atoms in total. The maximum absolute atomic E-state index is 10.4. The first kappa shape index (κ1) is 13.7. The van der Waals surface area contributed by atoms with Gasteiger partial charge in [0.15, 0.2) is 0 Å². The molecule has 3 N–H and O–H groups in total. The number of aliphatic carboxylic acids is 1. The number of ether oxygens (including phenoxy) is 1. The molecule has 4 heteroatoms. The average Bonchev–Trinajstić information content (AvgIpc) is 2.34. The number of benzene rings is 1. The number of carboxylic acids is 1. The molecule has 0 radical (unpaired) electrons. The van der Waals surface area contributed by atoms with E-state index < -0.39 is 5.97 Å². The molecule has 1 aromatic carbocycles. The quantitative estimate of drug-likeness (QED) is 0.758. The van der Waals surface area contributed by atoms with Crippen molar-refractivity contribution in [2.24, 2.45) is 5.73 Å². The van der Waals surface area contributed by atoms with Crippen LogP contribution in [0.25, 0.3) is 0 Å². The average molecular weight is 237 g/mol. The molecule has 0 aliphatic carbocycles.